The van der Waals surface area contributed by atoms with Crippen LogP contribution >= 0.6 is 0 Å². The maximum atomic E-state index is 11.8. The van der Waals surface area contributed by atoms with E-state index in [2.05, 4.69) is 15.7 Å². The molecule has 2 heterocycles. The second kappa shape index (κ2) is 5.29. The van der Waals surface area contributed by atoms with E-state index in [1.807, 2.05) is 14.0 Å². The largest absolute Gasteiger partial charge is 0.375 e. The van der Waals surface area contributed by atoms with Crippen LogP contribution in [0.25, 0.3) is 0 Å². The van der Waals surface area contributed by atoms with Gasteiger partial charge in [-0.3, -0.25) is 9.48 Å². The molecular formula is C11H18N4O2. The monoisotopic (exact) mass is 238 g/mol. The molecule has 1 fully saturated rings. The lowest BCUT2D eigenvalue weighted by Crippen LogP contribution is -2.40. The molecule has 6 nitrogen and oxygen atoms in total. The average Bonchev–Trinajstić information content (AvgIpc) is 2.58. The quantitative estimate of drug-likeness (QED) is 0.780. The molecule has 94 valence electrons. The Morgan fingerprint density at radius 3 is 3.18 bits per heavy atom. The number of anilines is 1. The summed E-state index contributed by atoms with van der Waals surface area (Å²) in [5.41, 5.74) is 1.59. The number of aromatic nitrogens is 2. The number of nitrogens with zero attached hydrogens (tertiary/aromatic N) is 2. The van der Waals surface area contributed by atoms with Crippen molar-refractivity contribution in [3.05, 3.63) is 11.9 Å². The van der Waals surface area contributed by atoms with E-state index in [-0.39, 0.29) is 12.0 Å². The Balaban J connectivity index is 1.86. The zero-order valence-electron chi connectivity index (χ0n) is 10.2. The summed E-state index contributed by atoms with van der Waals surface area (Å²) < 4.78 is 7.16. The van der Waals surface area contributed by atoms with Gasteiger partial charge in [0.05, 0.1) is 30.5 Å². The SMILES string of the molecule is Cc1nn(C)cc1NC(=O)CC1CNCCO1. The first-order valence-corrected chi connectivity index (χ1v) is 5.77. The molecule has 1 aromatic rings. The number of carbonyl (C=O) groups is 1. The van der Waals surface area contributed by atoms with Gasteiger partial charge in [0.15, 0.2) is 0 Å². The summed E-state index contributed by atoms with van der Waals surface area (Å²) in [6.07, 6.45) is 2.15. The van der Waals surface area contributed by atoms with Crippen molar-refractivity contribution in [2.45, 2.75) is 19.4 Å². The van der Waals surface area contributed by atoms with Crippen molar-refractivity contribution in [2.24, 2.45) is 7.05 Å². The highest BCUT2D eigenvalue weighted by molar-refractivity contribution is 5.91. The van der Waals surface area contributed by atoms with Crippen molar-refractivity contribution >= 4 is 11.6 Å². The third kappa shape index (κ3) is 3.28. The molecule has 0 spiro atoms. The number of hydrogen-bond acceptors (Lipinski definition) is 4. The Labute approximate surface area is 100 Å². The Kier molecular flexibility index (Phi) is 3.75. The summed E-state index contributed by atoms with van der Waals surface area (Å²) in [5.74, 6) is -0.0326. The molecule has 1 aromatic heterocycles. The average molecular weight is 238 g/mol. The molecule has 0 aromatic carbocycles. The van der Waals surface area contributed by atoms with Gasteiger partial charge in [0, 0.05) is 26.3 Å². The normalized spacial score (nSPS) is 20.2. The lowest BCUT2D eigenvalue weighted by atomic mass is 10.2. The van der Waals surface area contributed by atoms with Gasteiger partial charge < -0.3 is 15.4 Å². The number of hydrogen-bond donors (Lipinski definition) is 2. The minimum absolute atomic E-state index is 0.0271. The van der Waals surface area contributed by atoms with Crippen LogP contribution < -0.4 is 10.6 Å². The first-order chi connectivity index (χ1) is 8.15. The lowest BCUT2D eigenvalue weighted by molar-refractivity contribution is -0.119. The highest BCUT2D eigenvalue weighted by atomic mass is 16.5. The van der Waals surface area contributed by atoms with Gasteiger partial charge in [-0.25, -0.2) is 0 Å². The third-order valence-electron chi connectivity index (χ3n) is 2.71. The fourth-order valence-corrected chi connectivity index (χ4v) is 1.88. The van der Waals surface area contributed by atoms with E-state index in [0.29, 0.717) is 13.0 Å². The lowest BCUT2D eigenvalue weighted by Gasteiger charge is -2.22. The van der Waals surface area contributed by atoms with E-state index in [9.17, 15) is 4.79 Å². The van der Waals surface area contributed by atoms with Gasteiger partial charge in [0.1, 0.15) is 0 Å². The van der Waals surface area contributed by atoms with Crippen LogP contribution in [0.2, 0.25) is 0 Å². The number of carbonyl (C=O) groups excluding carboxylic acids is 1. The molecule has 2 rings (SSSR count). The number of rotatable bonds is 3. The maximum absolute atomic E-state index is 11.8. The van der Waals surface area contributed by atoms with Gasteiger partial charge in [0.2, 0.25) is 5.91 Å². The smallest absolute Gasteiger partial charge is 0.227 e. The van der Waals surface area contributed by atoms with Crippen molar-refractivity contribution < 1.29 is 9.53 Å². The minimum atomic E-state index is -0.0326. The van der Waals surface area contributed by atoms with Gasteiger partial charge in [-0.05, 0) is 6.92 Å². The molecule has 1 atom stereocenters. The van der Waals surface area contributed by atoms with Crippen LogP contribution in [-0.2, 0) is 16.6 Å². The van der Waals surface area contributed by atoms with Crippen LogP contribution in [0.3, 0.4) is 0 Å². The van der Waals surface area contributed by atoms with E-state index in [0.717, 1.165) is 24.5 Å². The van der Waals surface area contributed by atoms with Gasteiger partial charge in [-0.2, -0.15) is 5.10 Å². The maximum Gasteiger partial charge on any atom is 0.227 e. The summed E-state index contributed by atoms with van der Waals surface area (Å²) >= 11 is 0. The fraction of sp³-hybridized carbons (Fsp3) is 0.636. The van der Waals surface area contributed by atoms with E-state index in [4.69, 9.17) is 4.74 Å². The van der Waals surface area contributed by atoms with Gasteiger partial charge in [0.25, 0.3) is 0 Å². The molecular weight excluding hydrogens is 220 g/mol. The fourth-order valence-electron chi connectivity index (χ4n) is 1.88. The molecule has 1 aliphatic rings. The second-order valence-corrected chi connectivity index (χ2v) is 4.25. The topological polar surface area (TPSA) is 68.2 Å². The Bertz CT molecular complexity index is 396. The van der Waals surface area contributed by atoms with Gasteiger partial charge >= 0.3 is 0 Å². The Hall–Kier alpha value is -1.40. The predicted molar refractivity (Wildman–Crippen MR) is 63.8 cm³/mol. The molecule has 1 amide bonds. The minimum Gasteiger partial charge on any atom is -0.375 e. The second-order valence-electron chi connectivity index (χ2n) is 4.25. The molecule has 1 aliphatic heterocycles. The van der Waals surface area contributed by atoms with Gasteiger partial charge in [-0.15, -0.1) is 0 Å². The molecule has 0 bridgehead atoms. The van der Waals surface area contributed by atoms with Crippen LogP contribution in [0.5, 0.6) is 0 Å². The van der Waals surface area contributed by atoms with Crippen LogP contribution in [0.4, 0.5) is 5.69 Å². The van der Waals surface area contributed by atoms with Crippen molar-refractivity contribution in [3.63, 3.8) is 0 Å². The summed E-state index contributed by atoms with van der Waals surface area (Å²) in [6, 6.07) is 0. The highest BCUT2D eigenvalue weighted by Crippen LogP contribution is 2.12. The molecule has 1 unspecified atom stereocenters. The number of ether oxygens (including phenoxy) is 1. The van der Waals surface area contributed by atoms with Crippen LogP contribution in [0, 0.1) is 6.92 Å². The van der Waals surface area contributed by atoms with E-state index in [1.54, 1.807) is 10.9 Å². The first-order valence-electron chi connectivity index (χ1n) is 5.77. The van der Waals surface area contributed by atoms with Gasteiger partial charge in [-0.1, -0.05) is 0 Å². The molecule has 2 N–H and O–H groups in total. The molecule has 0 aliphatic carbocycles. The molecule has 1 saturated heterocycles. The summed E-state index contributed by atoms with van der Waals surface area (Å²) in [5, 5.41) is 10.2. The predicted octanol–water partition coefficient (Wildman–Crippen LogP) is 0.0455. The number of nitrogens with one attached hydrogen (secondary N) is 2. The Morgan fingerprint density at radius 1 is 1.76 bits per heavy atom. The van der Waals surface area contributed by atoms with Crippen molar-refractivity contribution in [1.29, 1.82) is 0 Å². The Morgan fingerprint density at radius 2 is 2.59 bits per heavy atom. The van der Waals surface area contributed by atoms with Crippen molar-refractivity contribution in [3.8, 4) is 0 Å². The first kappa shape index (κ1) is 12.1. The number of morpholine rings is 1. The zero-order chi connectivity index (χ0) is 12.3. The molecule has 0 radical (unpaired) electrons. The van der Waals surface area contributed by atoms with Crippen LogP contribution in [0.1, 0.15) is 12.1 Å². The zero-order valence-corrected chi connectivity index (χ0v) is 10.2. The third-order valence-corrected chi connectivity index (χ3v) is 2.71. The summed E-state index contributed by atoms with van der Waals surface area (Å²) in [4.78, 5) is 11.8. The van der Waals surface area contributed by atoms with Crippen molar-refractivity contribution in [2.75, 3.05) is 25.0 Å². The van der Waals surface area contributed by atoms with E-state index >= 15 is 0 Å². The standard InChI is InChI=1S/C11H18N4O2/c1-8-10(7-15(2)14-8)13-11(16)5-9-6-12-3-4-17-9/h7,9,12H,3-6H2,1-2H3,(H,13,16). The molecule has 6 heteroatoms. The summed E-state index contributed by atoms with van der Waals surface area (Å²) in [6.45, 7) is 4.14. The number of amides is 1. The van der Waals surface area contributed by atoms with E-state index in [1.165, 1.54) is 0 Å². The summed E-state index contributed by atoms with van der Waals surface area (Å²) in [7, 11) is 1.83. The molecule has 17 heavy (non-hydrogen) atoms. The van der Waals surface area contributed by atoms with Crippen LogP contribution in [-0.4, -0.2) is 41.5 Å². The molecule has 0 saturated carbocycles. The van der Waals surface area contributed by atoms with Crippen LogP contribution in [0.15, 0.2) is 6.20 Å². The van der Waals surface area contributed by atoms with E-state index < -0.39 is 0 Å². The number of aryl methyl sites for hydroxylation is 2. The van der Waals surface area contributed by atoms with Crippen molar-refractivity contribution in [1.82, 2.24) is 15.1 Å². The highest BCUT2D eigenvalue weighted by Gasteiger charge is 2.18.